The number of benzene rings is 2. The Hall–Kier alpha value is -3.50. The molecule has 37 heavy (non-hydrogen) atoms. The fourth-order valence-electron chi connectivity index (χ4n) is 3.80. The number of thioether (sulfide) groups is 1. The van der Waals surface area contributed by atoms with Crippen molar-refractivity contribution < 1.29 is 28.9 Å². The van der Waals surface area contributed by atoms with Gasteiger partial charge in [-0.15, -0.1) is 0 Å². The van der Waals surface area contributed by atoms with Crippen molar-refractivity contribution in [1.82, 2.24) is 4.57 Å². The number of fused-ring (bicyclic) bond motifs is 1. The fraction of sp³-hybridized carbons (Fsp3) is 0.222. The predicted molar refractivity (Wildman–Crippen MR) is 148 cm³/mol. The summed E-state index contributed by atoms with van der Waals surface area (Å²) in [7, 11) is 1.58. The number of aliphatic hydroxyl groups excluding tert-OH is 1. The molecule has 8 nitrogen and oxygen atoms in total. The van der Waals surface area contributed by atoms with Crippen LogP contribution in [-0.2, 0) is 25.6 Å². The van der Waals surface area contributed by atoms with Gasteiger partial charge in [-0.3, -0.25) is 4.79 Å². The summed E-state index contributed by atoms with van der Waals surface area (Å²) < 4.78 is 18.2. The first-order chi connectivity index (χ1) is 17.8. The summed E-state index contributed by atoms with van der Waals surface area (Å²) >= 11 is 4.67. The summed E-state index contributed by atoms with van der Waals surface area (Å²) in [6.07, 6.45) is 3.59. The summed E-state index contributed by atoms with van der Waals surface area (Å²) in [5.41, 5.74) is 2.18. The number of hydrogen-bond donors (Lipinski definition) is 1. The highest BCUT2D eigenvalue weighted by Crippen LogP contribution is 2.41. The molecule has 0 fully saturated rings. The van der Waals surface area contributed by atoms with Gasteiger partial charge in [0.15, 0.2) is 0 Å². The number of aliphatic imine (C=N–C) groups is 1. The second-order valence-corrected chi connectivity index (χ2v) is 9.79. The number of methoxy groups -OCH3 is 1. The number of carbonyl (C=O) groups is 2. The maximum Gasteiger partial charge on any atom is 0.344 e. The Bertz CT molecular complexity index is 1440. The molecular formula is C27H25BrN2O6S. The number of aromatic nitrogens is 1. The number of ether oxygens (including phenoxy) is 3. The van der Waals surface area contributed by atoms with Crippen LogP contribution in [0.25, 0.3) is 17.0 Å². The van der Waals surface area contributed by atoms with Crippen molar-refractivity contribution >= 4 is 67.3 Å². The van der Waals surface area contributed by atoms with Crippen LogP contribution in [0.3, 0.4) is 0 Å². The lowest BCUT2D eigenvalue weighted by molar-refractivity contribution is -0.143. The molecule has 0 bridgehead atoms. The lowest BCUT2D eigenvalue weighted by Crippen LogP contribution is -2.12. The number of carbonyl (C=O) groups excluding carboxylic acids is 2. The molecule has 0 amide bonds. The van der Waals surface area contributed by atoms with Gasteiger partial charge in [0.05, 0.1) is 30.9 Å². The molecule has 4 rings (SSSR count). The summed E-state index contributed by atoms with van der Waals surface area (Å²) in [6.45, 7) is 3.96. The van der Waals surface area contributed by atoms with E-state index in [2.05, 4.69) is 20.9 Å². The van der Waals surface area contributed by atoms with Crippen molar-refractivity contribution in [3.05, 3.63) is 74.9 Å². The Balaban J connectivity index is 1.78. The van der Waals surface area contributed by atoms with Gasteiger partial charge in [0.25, 0.3) is 0 Å². The van der Waals surface area contributed by atoms with E-state index in [9.17, 15) is 14.7 Å². The molecule has 2 heterocycles. The standard InChI is InChI=1S/C27H25BrN2O6S/c1-4-35-23(31)15-30-14-16(20-13-17(28)6-11-21(20)30)12-22-25(32)24(27(33)36-5-2)26(37-22)29-18-7-9-19(34-3)10-8-18/h6-14,32H,4-5,15H2,1-3H3/b22-12-,29-26?. The summed E-state index contributed by atoms with van der Waals surface area (Å²) in [6, 6.07) is 12.8. The van der Waals surface area contributed by atoms with E-state index in [0.717, 1.165) is 20.9 Å². The Morgan fingerprint density at radius 2 is 1.84 bits per heavy atom. The van der Waals surface area contributed by atoms with Crippen molar-refractivity contribution in [3.63, 3.8) is 0 Å². The van der Waals surface area contributed by atoms with Crippen LogP contribution in [0.1, 0.15) is 19.4 Å². The quantitative estimate of drug-likeness (QED) is 0.316. The van der Waals surface area contributed by atoms with Gasteiger partial charge in [-0.2, -0.15) is 0 Å². The first-order valence-electron chi connectivity index (χ1n) is 11.5. The van der Waals surface area contributed by atoms with E-state index in [1.54, 1.807) is 55.9 Å². The molecule has 2 aromatic carbocycles. The predicted octanol–water partition coefficient (Wildman–Crippen LogP) is 6.17. The van der Waals surface area contributed by atoms with Crippen LogP contribution in [0.2, 0.25) is 0 Å². The van der Waals surface area contributed by atoms with Gasteiger partial charge in [0.2, 0.25) is 0 Å². The maximum atomic E-state index is 12.8. The van der Waals surface area contributed by atoms with Crippen LogP contribution < -0.4 is 4.74 Å². The third-order valence-corrected chi connectivity index (χ3v) is 6.95. The Kier molecular flexibility index (Phi) is 8.40. The van der Waals surface area contributed by atoms with Crippen molar-refractivity contribution in [2.75, 3.05) is 20.3 Å². The highest BCUT2D eigenvalue weighted by molar-refractivity contribution is 9.10. The third kappa shape index (κ3) is 5.91. The van der Waals surface area contributed by atoms with E-state index in [0.29, 0.717) is 28.0 Å². The van der Waals surface area contributed by atoms with Gasteiger partial charge in [0, 0.05) is 27.1 Å². The Morgan fingerprint density at radius 3 is 2.51 bits per heavy atom. The van der Waals surface area contributed by atoms with Gasteiger partial charge in [0.1, 0.15) is 28.7 Å². The molecule has 0 aliphatic carbocycles. The maximum absolute atomic E-state index is 12.8. The van der Waals surface area contributed by atoms with Crippen molar-refractivity contribution in [1.29, 1.82) is 0 Å². The number of aliphatic hydroxyl groups is 1. The van der Waals surface area contributed by atoms with E-state index in [1.807, 2.05) is 24.4 Å². The van der Waals surface area contributed by atoms with Crippen LogP contribution in [-0.4, -0.2) is 47.0 Å². The number of rotatable bonds is 8. The monoisotopic (exact) mass is 584 g/mol. The summed E-state index contributed by atoms with van der Waals surface area (Å²) in [4.78, 5) is 30.0. The van der Waals surface area contributed by atoms with Crippen LogP contribution in [0, 0.1) is 0 Å². The van der Waals surface area contributed by atoms with E-state index < -0.39 is 5.97 Å². The lowest BCUT2D eigenvalue weighted by atomic mass is 10.1. The molecule has 1 aliphatic rings. The van der Waals surface area contributed by atoms with Gasteiger partial charge in [-0.25, -0.2) is 9.79 Å². The second kappa shape index (κ2) is 11.7. The smallest absolute Gasteiger partial charge is 0.344 e. The van der Waals surface area contributed by atoms with E-state index in [4.69, 9.17) is 14.2 Å². The SMILES string of the molecule is CCOC(=O)Cn1cc(/C=C2\SC(=Nc3ccc(OC)cc3)C(C(=O)OCC)=C2O)c2cc(Br)ccc21. The first-order valence-corrected chi connectivity index (χ1v) is 13.1. The molecule has 0 saturated heterocycles. The van der Waals surface area contributed by atoms with E-state index >= 15 is 0 Å². The molecule has 0 saturated carbocycles. The highest BCUT2D eigenvalue weighted by Gasteiger charge is 2.33. The minimum Gasteiger partial charge on any atom is -0.506 e. The van der Waals surface area contributed by atoms with Crippen LogP contribution >= 0.6 is 27.7 Å². The van der Waals surface area contributed by atoms with Gasteiger partial charge in [-0.05, 0) is 62.4 Å². The number of esters is 2. The van der Waals surface area contributed by atoms with Gasteiger partial charge < -0.3 is 23.9 Å². The molecule has 0 atom stereocenters. The molecule has 1 aliphatic heterocycles. The fourth-order valence-corrected chi connectivity index (χ4v) is 5.18. The molecule has 1 aromatic heterocycles. The van der Waals surface area contributed by atoms with Gasteiger partial charge in [-0.1, -0.05) is 27.7 Å². The average Bonchev–Trinajstić information content (AvgIpc) is 3.36. The molecule has 0 spiro atoms. The molecule has 3 aromatic rings. The van der Waals surface area contributed by atoms with Crippen molar-refractivity contribution in [2.24, 2.45) is 4.99 Å². The second-order valence-electron chi connectivity index (χ2n) is 7.85. The molecule has 10 heteroatoms. The third-order valence-electron chi connectivity index (χ3n) is 5.44. The summed E-state index contributed by atoms with van der Waals surface area (Å²) in [5.74, 6) is -0.538. The topological polar surface area (TPSA) is 99.4 Å². The van der Waals surface area contributed by atoms with Crippen molar-refractivity contribution in [2.45, 2.75) is 20.4 Å². The Morgan fingerprint density at radius 1 is 1.11 bits per heavy atom. The zero-order valence-electron chi connectivity index (χ0n) is 20.5. The van der Waals surface area contributed by atoms with E-state index in [1.165, 1.54) is 11.8 Å². The van der Waals surface area contributed by atoms with E-state index in [-0.39, 0.29) is 30.5 Å². The molecular weight excluding hydrogens is 560 g/mol. The molecule has 1 N–H and O–H groups in total. The molecule has 0 unspecified atom stereocenters. The minimum atomic E-state index is -0.657. The first kappa shape index (κ1) is 26.6. The normalized spacial score (nSPS) is 15.6. The zero-order valence-corrected chi connectivity index (χ0v) is 22.9. The number of nitrogens with zero attached hydrogens (tertiary/aromatic N) is 2. The number of halogens is 1. The number of hydrogen-bond acceptors (Lipinski definition) is 8. The highest BCUT2D eigenvalue weighted by atomic mass is 79.9. The summed E-state index contributed by atoms with van der Waals surface area (Å²) in [5, 5.41) is 12.3. The minimum absolute atomic E-state index is 0.00496. The molecule has 192 valence electrons. The Labute approximate surface area is 226 Å². The zero-order chi connectivity index (χ0) is 26.5. The van der Waals surface area contributed by atoms with Crippen LogP contribution in [0.4, 0.5) is 5.69 Å². The lowest BCUT2D eigenvalue weighted by Gasteiger charge is -2.04. The van der Waals surface area contributed by atoms with Crippen molar-refractivity contribution in [3.8, 4) is 5.75 Å². The average molecular weight is 585 g/mol. The molecule has 0 radical (unpaired) electrons. The largest absolute Gasteiger partial charge is 0.506 e. The van der Waals surface area contributed by atoms with Crippen LogP contribution in [0.15, 0.2) is 74.4 Å². The van der Waals surface area contributed by atoms with Crippen LogP contribution in [0.5, 0.6) is 5.75 Å². The van der Waals surface area contributed by atoms with Gasteiger partial charge >= 0.3 is 11.9 Å².